The number of hydrogen-bond donors (Lipinski definition) is 0. The minimum absolute atomic E-state index is 0.0534. The number of thiazole rings is 1. The van der Waals surface area contributed by atoms with Gasteiger partial charge < -0.3 is 9.64 Å². The monoisotopic (exact) mass is 469 g/mol. The van der Waals surface area contributed by atoms with Crippen LogP contribution >= 0.6 is 11.3 Å². The molecule has 3 nitrogen and oxygen atoms in total. The average molecular weight is 470 g/mol. The molecule has 174 valence electrons. The highest BCUT2D eigenvalue weighted by molar-refractivity contribution is 7.19. The van der Waals surface area contributed by atoms with Gasteiger partial charge in [-0.05, 0) is 43.5 Å². The highest BCUT2D eigenvalue weighted by atomic mass is 32.1. The smallest absolute Gasteiger partial charge is 0.268 e. The SMILES string of the molecule is CCCCCC1(C)C2=C3C=C4c5sc6ccccc6[n+]5CCC4OC3CCN2c2ccccc21. The molecule has 4 aliphatic rings. The van der Waals surface area contributed by atoms with Crippen LogP contribution in [0.4, 0.5) is 5.69 Å². The minimum atomic E-state index is 0.0534. The first kappa shape index (κ1) is 20.9. The number of benzene rings is 2. The third-order valence-corrected chi connectivity index (χ3v) is 9.77. The van der Waals surface area contributed by atoms with E-state index in [1.165, 1.54) is 69.0 Å². The second-order valence-electron chi connectivity index (χ2n) is 10.6. The minimum Gasteiger partial charge on any atom is -0.365 e. The summed E-state index contributed by atoms with van der Waals surface area (Å²) in [6.45, 7) is 6.91. The fraction of sp³-hybridized carbons (Fsp3) is 0.433. The lowest BCUT2D eigenvalue weighted by Crippen LogP contribution is -2.48. The number of rotatable bonds is 4. The van der Waals surface area contributed by atoms with Crippen molar-refractivity contribution < 1.29 is 9.30 Å². The number of aryl methyl sites for hydroxylation is 1. The summed E-state index contributed by atoms with van der Waals surface area (Å²) < 4.78 is 10.8. The number of para-hydroxylation sites is 2. The maximum absolute atomic E-state index is 6.91. The van der Waals surface area contributed by atoms with Crippen molar-refractivity contribution in [2.45, 2.75) is 76.5 Å². The number of unbranched alkanes of at least 4 members (excludes halogenated alkanes) is 2. The van der Waals surface area contributed by atoms with Crippen LogP contribution in [0.15, 0.2) is 65.9 Å². The van der Waals surface area contributed by atoms with Gasteiger partial charge in [0, 0.05) is 41.4 Å². The van der Waals surface area contributed by atoms with Crippen LogP contribution in [0.3, 0.4) is 0 Å². The molecule has 4 heteroatoms. The summed E-state index contributed by atoms with van der Waals surface area (Å²) in [6.07, 6.45) is 10.2. The van der Waals surface area contributed by atoms with E-state index in [2.05, 4.69) is 77.9 Å². The van der Waals surface area contributed by atoms with Gasteiger partial charge >= 0.3 is 0 Å². The number of aromatic nitrogens is 1. The molecule has 0 radical (unpaired) electrons. The van der Waals surface area contributed by atoms with Crippen LogP contribution in [0.5, 0.6) is 0 Å². The molecule has 34 heavy (non-hydrogen) atoms. The Morgan fingerprint density at radius 2 is 1.91 bits per heavy atom. The zero-order valence-electron chi connectivity index (χ0n) is 20.2. The van der Waals surface area contributed by atoms with Crippen molar-refractivity contribution in [1.29, 1.82) is 0 Å². The lowest BCUT2D eigenvalue weighted by atomic mass is 9.74. The second kappa shape index (κ2) is 7.79. The summed E-state index contributed by atoms with van der Waals surface area (Å²) in [4.78, 5) is 2.63. The van der Waals surface area contributed by atoms with E-state index >= 15 is 0 Å². The summed E-state index contributed by atoms with van der Waals surface area (Å²) in [7, 11) is 0. The van der Waals surface area contributed by atoms with E-state index in [4.69, 9.17) is 4.74 Å². The third-order valence-electron chi connectivity index (χ3n) is 8.55. The summed E-state index contributed by atoms with van der Waals surface area (Å²) in [5.41, 5.74) is 8.71. The summed E-state index contributed by atoms with van der Waals surface area (Å²) in [5, 5.41) is 1.39. The molecule has 0 amide bonds. The lowest BCUT2D eigenvalue weighted by molar-refractivity contribution is -0.674. The van der Waals surface area contributed by atoms with Gasteiger partial charge in [-0.15, -0.1) is 0 Å². The lowest BCUT2D eigenvalue weighted by Gasteiger charge is -2.42. The van der Waals surface area contributed by atoms with Crippen LogP contribution in [0.2, 0.25) is 0 Å². The standard InChI is InChI=1S/C30H33N2OS/c1-3-4-9-16-30(2)22-10-5-6-11-23(22)31-17-14-25-20(28(30)31)19-21-26(33-25)15-18-32-24-12-7-8-13-27(24)34-29(21)32/h5-8,10-13,19,25-26H,3-4,9,14-18H2,1-2H3/q+1. The zero-order chi connectivity index (χ0) is 22.9. The highest BCUT2D eigenvalue weighted by Crippen LogP contribution is 2.55. The number of hydrogen-bond acceptors (Lipinski definition) is 3. The van der Waals surface area contributed by atoms with Gasteiger partial charge in [0.05, 0.1) is 17.8 Å². The molecule has 1 aromatic heterocycles. The molecule has 0 fully saturated rings. The molecule has 0 saturated heterocycles. The van der Waals surface area contributed by atoms with Crippen LogP contribution < -0.4 is 9.47 Å². The first-order chi connectivity index (χ1) is 16.7. The van der Waals surface area contributed by atoms with E-state index in [0.717, 1.165) is 25.9 Å². The van der Waals surface area contributed by atoms with Crippen LogP contribution in [-0.2, 0) is 16.7 Å². The van der Waals surface area contributed by atoms with E-state index in [1.807, 2.05) is 11.3 Å². The normalized spacial score (nSPS) is 27.1. The third kappa shape index (κ3) is 2.88. The Balaban J connectivity index is 1.42. The van der Waals surface area contributed by atoms with Crippen LogP contribution in [0.25, 0.3) is 15.8 Å². The van der Waals surface area contributed by atoms with Crippen LogP contribution in [0.1, 0.15) is 62.9 Å². The van der Waals surface area contributed by atoms with E-state index in [0.29, 0.717) is 0 Å². The topological polar surface area (TPSA) is 16.4 Å². The van der Waals surface area contributed by atoms with E-state index < -0.39 is 0 Å². The van der Waals surface area contributed by atoms with Gasteiger partial charge in [0.1, 0.15) is 4.70 Å². The first-order valence-electron chi connectivity index (χ1n) is 13.1. The summed E-state index contributed by atoms with van der Waals surface area (Å²) >= 11 is 1.93. The Hall–Kier alpha value is -2.43. The van der Waals surface area contributed by atoms with Gasteiger partial charge in [0.2, 0.25) is 5.52 Å². The summed E-state index contributed by atoms with van der Waals surface area (Å²) in [5.74, 6) is 0. The quantitative estimate of drug-likeness (QED) is 0.310. The predicted octanol–water partition coefficient (Wildman–Crippen LogP) is 6.76. The Kier molecular flexibility index (Phi) is 4.79. The fourth-order valence-corrected chi connectivity index (χ4v) is 8.19. The molecule has 0 spiro atoms. The largest absolute Gasteiger partial charge is 0.365 e. The van der Waals surface area contributed by atoms with Crippen molar-refractivity contribution in [1.82, 2.24) is 0 Å². The van der Waals surface area contributed by atoms with Crippen molar-refractivity contribution in [2.75, 3.05) is 11.4 Å². The van der Waals surface area contributed by atoms with Crippen molar-refractivity contribution in [3.05, 3.63) is 76.4 Å². The molecule has 3 aromatic rings. The van der Waals surface area contributed by atoms with Gasteiger partial charge in [-0.1, -0.05) is 67.9 Å². The second-order valence-corrected chi connectivity index (χ2v) is 11.6. The number of ether oxygens (including phenoxy) is 1. The number of allylic oxidation sites excluding steroid dienone is 1. The Labute approximate surface area is 206 Å². The average Bonchev–Trinajstić information content (AvgIpc) is 3.37. The van der Waals surface area contributed by atoms with Gasteiger partial charge in [0.15, 0.2) is 6.54 Å². The molecule has 2 aromatic carbocycles. The first-order valence-corrected chi connectivity index (χ1v) is 13.9. The van der Waals surface area contributed by atoms with Crippen molar-refractivity contribution >= 4 is 32.8 Å². The number of anilines is 1. The van der Waals surface area contributed by atoms with Gasteiger partial charge in [0.25, 0.3) is 5.01 Å². The molecule has 0 aliphatic carbocycles. The molecular weight excluding hydrogens is 436 g/mol. The van der Waals surface area contributed by atoms with Gasteiger partial charge in [-0.3, -0.25) is 0 Å². The predicted molar refractivity (Wildman–Crippen MR) is 140 cm³/mol. The molecule has 0 N–H and O–H groups in total. The molecule has 0 saturated carbocycles. The molecule has 3 atom stereocenters. The number of nitrogens with zero attached hydrogens (tertiary/aromatic N) is 2. The molecular formula is C30H33N2OS+. The molecule has 5 heterocycles. The van der Waals surface area contributed by atoms with E-state index in [1.54, 1.807) is 0 Å². The maximum Gasteiger partial charge on any atom is 0.268 e. The van der Waals surface area contributed by atoms with Gasteiger partial charge in [-0.2, -0.15) is 4.57 Å². The van der Waals surface area contributed by atoms with E-state index in [-0.39, 0.29) is 17.6 Å². The Bertz CT molecular complexity index is 1350. The molecule has 3 unspecified atom stereocenters. The highest BCUT2D eigenvalue weighted by Gasteiger charge is 2.50. The molecule has 4 aliphatic heterocycles. The van der Waals surface area contributed by atoms with E-state index in [9.17, 15) is 0 Å². The van der Waals surface area contributed by atoms with Crippen LogP contribution in [-0.4, -0.2) is 18.8 Å². The van der Waals surface area contributed by atoms with Crippen molar-refractivity contribution in [2.24, 2.45) is 0 Å². The summed E-state index contributed by atoms with van der Waals surface area (Å²) in [6, 6.07) is 18.0. The maximum atomic E-state index is 6.91. The zero-order valence-corrected chi connectivity index (χ0v) is 21.0. The van der Waals surface area contributed by atoms with Crippen molar-refractivity contribution in [3.8, 4) is 0 Å². The Morgan fingerprint density at radius 1 is 1.06 bits per heavy atom. The molecule has 0 bridgehead atoms. The Morgan fingerprint density at radius 3 is 2.82 bits per heavy atom. The molecule has 7 rings (SSSR count). The van der Waals surface area contributed by atoms with Crippen LogP contribution in [0, 0.1) is 0 Å². The number of fused-ring (bicyclic) bond motifs is 9. The fourth-order valence-electron chi connectivity index (χ4n) is 6.94. The van der Waals surface area contributed by atoms with Gasteiger partial charge in [-0.25, -0.2) is 0 Å². The van der Waals surface area contributed by atoms with Crippen molar-refractivity contribution in [3.63, 3.8) is 0 Å².